The third-order valence-electron chi connectivity index (χ3n) is 1.75. The Balaban J connectivity index is -0.000000327. The minimum Gasteiger partial charge on any atom is -0.748 e. The van der Waals surface area contributed by atoms with Gasteiger partial charge in [-0.05, 0) is 25.7 Å². The molecule has 0 spiro atoms. The Bertz CT molecular complexity index is 325. The van der Waals surface area contributed by atoms with Crippen molar-refractivity contribution >= 4 is 22.1 Å². The second kappa shape index (κ2) is 13.8. The fourth-order valence-electron chi connectivity index (χ4n) is 0.991. The Hall–Kier alpha value is 1.85. The monoisotopic (exact) mass is 306 g/mol. The largest absolute Gasteiger partial charge is 1.00 e. The van der Waals surface area contributed by atoms with Crippen molar-refractivity contribution in [2.24, 2.45) is 0 Å². The Labute approximate surface area is 172 Å². The molecule has 18 heavy (non-hydrogen) atoms. The van der Waals surface area contributed by atoms with Gasteiger partial charge in [0.2, 0.25) is 0 Å². The third-order valence-corrected chi connectivity index (χ3v) is 3.04. The van der Waals surface area contributed by atoms with Crippen LogP contribution in [-0.4, -0.2) is 30.2 Å². The molecule has 0 aliphatic carbocycles. The first-order valence-corrected chi connectivity index (χ1v) is 5.55. The molecule has 0 amide bonds. The van der Waals surface area contributed by atoms with Crippen LogP contribution in [-0.2, 0) is 19.7 Å². The van der Waals surface area contributed by atoms with Crippen LogP contribution in [0.15, 0.2) is 0 Å². The average Bonchev–Trinajstić information content (AvgIpc) is 2.00. The molecule has 0 atom stereocenters. The molecule has 0 saturated heterocycles. The van der Waals surface area contributed by atoms with Crippen molar-refractivity contribution < 1.29 is 121 Å². The summed E-state index contributed by atoms with van der Waals surface area (Å²) < 4.78 is 31.7. The predicted octanol–water partition coefficient (Wildman–Crippen LogP) is -12.0. The molecule has 0 fully saturated rings. The van der Waals surface area contributed by atoms with Crippen LogP contribution < -0.4 is 98.9 Å². The van der Waals surface area contributed by atoms with Crippen LogP contribution in [0.4, 0.5) is 0 Å². The van der Waals surface area contributed by atoms with E-state index in [9.17, 15) is 32.8 Å². The van der Waals surface area contributed by atoms with Gasteiger partial charge in [-0.25, -0.2) is 8.42 Å². The third kappa shape index (κ3) is 15.9. The van der Waals surface area contributed by atoms with Gasteiger partial charge < -0.3 is 24.4 Å². The van der Waals surface area contributed by atoms with E-state index in [0.29, 0.717) is 0 Å². The fourth-order valence-corrected chi connectivity index (χ4v) is 1.80. The number of hydrogen-bond donors (Lipinski definition) is 0. The van der Waals surface area contributed by atoms with Crippen molar-refractivity contribution in [3.05, 3.63) is 0 Å². The van der Waals surface area contributed by atoms with Gasteiger partial charge in [-0.1, -0.05) is 0 Å². The number of rotatable bonds is 7. The second-order valence-electron chi connectivity index (χ2n) is 2.94. The molecule has 0 aliphatic rings. The van der Waals surface area contributed by atoms with Gasteiger partial charge in [0.1, 0.15) is 0 Å². The van der Waals surface area contributed by atoms with Crippen molar-refractivity contribution in [3.63, 3.8) is 0 Å². The van der Waals surface area contributed by atoms with Crippen LogP contribution in [0.25, 0.3) is 0 Å². The Kier molecular flexibility index (Phi) is 21.5. The summed E-state index contributed by atoms with van der Waals surface area (Å²) in [7, 11) is -4.69. The van der Waals surface area contributed by atoms with Crippen molar-refractivity contribution in [3.8, 4) is 0 Å². The van der Waals surface area contributed by atoms with Crippen LogP contribution in [0.2, 0.25) is 0 Å². The van der Waals surface area contributed by atoms with E-state index in [1.54, 1.807) is 0 Å². The summed E-state index contributed by atoms with van der Waals surface area (Å²) in [6.07, 6.45) is -2.08. The number of carbonyl (C=O) groups excluding carboxylic acids is 2. The summed E-state index contributed by atoms with van der Waals surface area (Å²) in [5.41, 5.74) is 0. The molecule has 0 aromatic carbocycles. The molecule has 0 aliphatic heterocycles. The smallest absolute Gasteiger partial charge is 0.748 e. The van der Waals surface area contributed by atoms with Gasteiger partial charge in [0.25, 0.3) is 0 Å². The minimum absolute atomic E-state index is 0. The molecule has 0 N–H and O–H groups in total. The van der Waals surface area contributed by atoms with E-state index in [1.165, 1.54) is 0 Å². The zero-order chi connectivity index (χ0) is 12.1. The molecule has 0 bridgehead atoms. The predicted molar refractivity (Wildman–Crippen MR) is 42.0 cm³/mol. The molecule has 0 aromatic heterocycles. The maximum Gasteiger partial charge on any atom is 1.00 e. The number of carbonyl (C=O) groups is 2. The molecule has 0 aromatic rings. The number of carboxylic acids is 2. The zero-order valence-electron chi connectivity index (χ0n) is 10.7. The van der Waals surface area contributed by atoms with Crippen LogP contribution in [0.5, 0.6) is 0 Å². The number of carboxylic acid groups (broad SMARTS) is 2. The van der Waals surface area contributed by atoms with Gasteiger partial charge in [-0.3, -0.25) is 0 Å². The molecule has 0 saturated carbocycles. The van der Waals surface area contributed by atoms with Crippen LogP contribution >= 0.6 is 0 Å². The van der Waals surface area contributed by atoms with Crippen LogP contribution in [0.1, 0.15) is 25.7 Å². The van der Waals surface area contributed by atoms with Gasteiger partial charge in [-0.15, -0.1) is 0 Å². The summed E-state index contributed by atoms with van der Waals surface area (Å²) in [6.45, 7) is 0. The molecule has 0 rings (SSSR count). The first-order valence-electron chi connectivity index (χ1n) is 4.08. The molecule has 0 radical (unpaired) electrons. The molecule has 0 heterocycles. The molecule has 0 unspecified atom stereocenters. The summed E-state index contributed by atoms with van der Waals surface area (Å²) in [5.74, 6) is -2.98. The number of hydrogen-bond acceptors (Lipinski definition) is 7. The standard InChI is InChI=1S/C7H12O7S.3Na/c8-6(9)3-1-5(15(12,13)14)2-4-7(10)11;;;/h5H,1-4H2,(H,8,9)(H,10,11)(H,12,13,14);;;/q;3*+1/p-3. The van der Waals surface area contributed by atoms with E-state index in [2.05, 4.69) is 0 Å². The maximum atomic E-state index is 10.6. The van der Waals surface area contributed by atoms with Gasteiger partial charge in [-0.2, -0.15) is 0 Å². The van der Waals surface area contributed by atoms with Gasteiger partial charge in [0.05, 0.1) is 15.4 Å². The van der Waals surface area contributed by atoms with Crippen molar-refractivity contribution in [2.45, 2.75) is 30.9 Å². The first-order chi connectivity index (χ1) is 6.73. The van der Waals surface area contributed by atoms with Crippen LogP contribution in [0, 0.1) is 0 Å². The SMILES string of the molecule is O=C([O-])CCC(CCC(=O)[O-])S(=O)(=O)[O-].[Na+].[Na+].[Na+]. The van der Waals surface area contributed by atoms with Gasteiger partial charge in [0, 0.05) is 11.9 Å². The van der Waals surface area contributed by atoms with Crippen molar-refractivity contribution in [2.75, 3.05) is 0 Å². The molecule has 88 valence electrons. The van der Waals surface area contributed by atoms with E-state index >= 15 is 0 Å². The van der Waals surface area contributed by atoms with E-state index in [4.69, 9.17) is 0 Å². The Morgan fingerprint density at radius 2 is 1.17 bits per heavy atom. The van der Waals surface area contributed by atoms with Crippen molar-refractivity contribution in [1.29, 1.82) is 0 Å². The van der Waals surface area contributed by atoms with E-state index < -0.39 is 53.0 Å². The van der Waals surface area contributed by atoms with Gasteiger partial charge >= 0.3 is 88.7 Å². The summed E-state index contributed by atoms with van der Waals surface area (Å²) >= 11 is 0. The van der Waals surface area contributed by atoms with E-state index in [-0.39, 0.29) is 88.7 Å². The van der Waals surface area contributed by atoms with E-state index in [1.807, 2.05) is 0 Å². The normalized spacial score (nSPS) is 9.67. The fraction of sp³-hybridized carbons (Fsp3) is 0.714. The summed E-state index contributed by atoms with van der Waals surface area (Å²) in [5, 5.41) is 18.5. The quantitative estimate of drug-likeness (QED) is 0.336. The van der Waals surface area contributed by atoms with Gasteiger partial charge in [0.15, 0.2) is 0 Å². The zero-order valence-corrected chi connectivity index (χ0v) is 17.5. The van der Waals surface area contributed by atoms with Crippen LogP contribution in [0.3, 0.4) is 0 Å². The molecular weight excluding hydrogens is 297 g/mol. The summed E-state index contributed by atoms with van der Waals surface area (Å²) in [4.78, 5) is 20.1. The maximum absolute atomic E-state index is 10.6. The molecule has 11 heteroatoms. The second-order valence-corrected chi connectivity index (χ2v) is 4.59. The topological polar surface area (TPSA) is 137 Å². The Morgan fingerprint density at radius 1 is 0.889 bits per heavy atom. The first kappa shape index (κ1) is 28.1. The minimum atomic E-state index is -4.69. The van der Waals surface area contributed by atoms with Crippen molar-refractivity contribution in [1.82, 2.24) is 0 Å². The number of aliphatic carboxylic acids is 2. The molecule has 7 nitrogen and oxygen atoms in total. The summed E-state index contributed by atoms with van der Waals surface area (Å²) in [6, 6.07) is 0. The molecular formula is C7H9Na3O7S. The van der Waals surface area contributed by atoms with E-state index in [0.717, 1.165) is 0 Å². The average molecular weight is 306 g/mol. The Morgan fingerprint density at radius 3 is 1.33 bits per heavy atom.